The van der Waals surface area contributed by atoms with Crippen molar-refractivity contribution in [1.82, 2.24) is 14.5 Å². The van der Waals surface area contributed by atoms with Gasteiger partial charge < -0.3 is 10.3 Å². The topological polar surface area (TPSA) is 79.8 Å². The highest BCUT2D eigenvalue weighted by atomic mass is 35.5. The SMILES string of the molecule is Cc1cc2nc(SCC(=O)Nc3cccc(Cl)c3C)n(C)c(=O)c2[nH]1. The van der Waals surface area contributed by atoms with Gasteiger partial charge in [0.05, 0.1) is 11.3 Å². The fraction of sp³-hybridized carbons (Fsp3) is 0.235. The maximum Gasteiger partial charge on any atom is 0.278 e. The van der Waals surface area contributed by atoms with Gasteiger partial charge in [0.25, 0.3) is 5.56 Å². The molecule has 25 heavy (non-hydrogen) atoms. The van der Waals surface area contributed by atoms with E-state index in [9.17, 15) is 9.59 Å². The Morgan fingerprint density at radius 1 is 1.40 bits per heavy atom. The van der Waals surface area contributed by atoms with Crippen LogP contribution in [0.3, 0.4) is 0 Å². The predicted octanol–water partition coefficient (Wildman–Crippen LogP) is 3.26. The average molecular weight is 377 g/mol. The fourth-order valence-electron chi connectivity index (χ4n) is 2.45. The van der Waals surface area contributed by atoms with Gasteiger partial charge in [0, 0.05) is 23.5 Å². The molecule has 0 radical (unpaired) electrons. The minimum Gasteiger partial charge on any atom is -0.353 e. The lowest BCUT2D eigenvalue weighted by molar-refractivity contribution is -0.113. The van der Waals surface area contributed by atoms with Crippen LogP contribution in [-0.4, -0.2) is 26.2 Å². The third-order valence-corrected chi connectivity index (χ3v) is 5.27. The van der Waals surface area contributed by atoms with Crippen molar-refractivity contribution in [1.29, 1.82) is 0 Å². The van der Waals surface area contributed by atoms with E-state index in [2.05, 4.69) is 15.3 Å². The number of rotatable bonds is 4. The molecule has 1 aromatic carbocycles. The number of aromatic amines is 1. The van der Waals surface area contributed by atoms with Crippen LogP contribution in [0.2, 0.25) is 5.02 Å². The van der Waals surface area contributed by atoms with Crippen molar-refractivity contribution in [3.63, 3.8) is 0 Å². The smallest absolute Gasteiger partial charge is 0.278 e. The summed E-state index contributed by atoms with van der Waals surface area (Å²) in [7, 11) is 1.65. The second-order valence-electron chi connectivity index (χ2n) is 5.72. The highest BCUT2D eigenvalue weighted by Gasteiger charge is 2.13. The minimum absolute atomic E-state index is 0.140. The van der Waals surface area contributed by atoms with E-state index in [4.69, 9.17) is 11.6 Å². The molecule has 0 unspecified atom stereocenters. The number of H-pyrrole nitrogens is 1. The van der Waals surface area contributed by atoms with Gasteiger partial charge in [0.1, 0.15) is 5.52 Å². The number of carbonyl (C=O) groups is 1. The van der Waals surface area contributed by atoms with E-state index in [-0.39, 0.29) is 17.2 Å². The number of aryl methyl sites for hydroxylation is 1. The number of anilines is 1. The molecule has 0 fully saturated rings. The molecule has 0 spiro atoms. The number of carbonyl (C=O) groups excluding carboxylic acids is 1. The number of hydrogen-bond acceptors (Lipinski definition) is 4. The quantitative estimate of drug-likeness (QED) is 0.541. The Balaban J connectivity index is 1.76. The summed E-state index contributed by atoms with van der Waals surface area (Å²) < 4.78 is 1.45. The molecule has 1 amide bonds. The van der Waals surface area contributed by atoms with Crippen molar-refractivity contribution >= 4 is 46.0 Å². The Bertz CT molecular complexity index is 1030. The van der Waals surface area contributed by atoms with Gasteiger partial charge in [-0.05, 0) is 37.6 Å². The molecule has 3 aromatic rings. The third kappa shape index (κ3) is 3.57. The third-order valence-electron chi connectivity index (χ3n) is 3.83. The van der Waals surface area contributed by atoms with Crippen molar-refractivity contribution in [2.75, 3.05) is 11.1 Å². The summed E-state index contributed by atoms with van der Waals surface area (Å²) in [6, 6.07) is 7.17. The van der Waals surface area contributed by atoms with Crippen LogP contribution in [0.4, 0.5) is 5.69 Å². The maximum absolute atomic E-state index is 12.3. The Morgan fingerprint density at radius 2 is 2.16 bits per heavy atom. The largest absolute Gasteiger partial charge is 0.353 e. The van der Waals surface area contributed by atoms with E-state index in [1.54, 1.807) is 25.2 Å². The standard InChI is InChI=1S/C17H17ClN4O2S/c1-9-7-13-15(19-9)16(24)22(3)17(21-13)25-8-14(23)20-12-6-4-5-11(18)10(12)2/h4-7,19H,8H2,1-3H3,(H,20,23). The number of halogens is 1. The molecule has 2 N–H and O–H groups in total. The normalized spacial score (nSPS) is 11.0. The predicted molar refractivity (Wildman–Crippen MR) is 102 cm³/mol. The van der Waals surface area contributed by atoms with Crippen molar-refractivity contribution in [3.05, 3.63) is 50.9 Å². The van der Waals surface area contributed by atoms with Crippen LogP contribution in [0, 0.1) is 13.8 Å². The van der Waals surface area contributed by atoms with E-state index >= 15 is 0 Å². The molecule has 6 nitrogen and oxygen atoms in total. The van der Waals surface area contributed by atoms with Crippen molar-refractivity contribution in [3.8, 4) is 0 Å². The molecule has 0 bridgehead atoms. The van der Waals surface area contributed by atoms with E-state index < -0.39 is 0 Å². The molecular formula is C17H17ClN4O2S. The lowest BCUT2D eigenvalue weighted by Gasteiger charge is -2.10. The highest BCUT2D eigenvalue weighted by molar-refractivity contribution is 7.99. The Labute approximate surface area is 153 Å². The Hall–Kier alpha value is -2.25. The zero-order chi connectivity index (χ0) is 18.1. The van der Waals surface area contributed by atoms with Crippen molar-refractivity contribution in [2.24, 2.45) is 7.05 Å². The van der Waals surface area contributed by atoms with Gasteiger partial charge in [-0.3, -0.25) is 14.2 Å². The van der Waals surface area contributed by atoms with Crippen LogP contribution in [-0.2, 0) is 11.8 Å². The first-order valence-corrected chi connectivity index (χ1v) is 8.97. The lowest BCUT2D eigenvalue weighted by Crippen LogP contribution is -2.21. The van der Waals surface area contributed by atoms with Gasteiger partial charge in [-0.1, -0.05) is 29.4 Å². The molecule has 0 saturated heterocycles. The van der Waals surface area contributed by atoms with Crippen LogP contribution in [0.25, 0.3) is 11.0 Å². The first-order valence-electron chi connectivity index (χ1n) is 7.61. The highest BCUT2D eigenvalue weighted by Crippen LogP contribution is 2.23. The van der Waals surface area contributed by atoms with Gasteiger partial charge in [0.2, 0.25) is 5.91 Å². The molecule has 0 atom stereocenters. The first kappa shape index (κ1) is 17.6. The number of amides is 1. The molecule has 0 aliphatic carbocycles. The number of aromatic nitrogens is 3. The minimum atomic E-state index is -0.185. The summed E-state index contributed by atoms with van der Waals surface area (Å²) in [6.45, 7) is 3.72. The molecule has 2 heterocycles. The summed E-state index contributed by atoms with van der Waals surface area (Å²) in [6.07, 6.45) is 0. The Kier molecular flexibility index (Phi) is 4.87. The van der Waals surface area contributed by atoms with Crippen molar-refractivity contribution < 1.29 is 4.79 Å². The summed E-state index contributed by atoms with van der Waals surface area (Å²) in [5, 5.41) is 3.93. The van der Waals surface area contributed by atoms with E-state index in [0.717, 1.165) is 11.3 Å². The van der Waals surface area contributed by atoms with Crippen LogP contribution in [0.15, 0.2) is 34.2 Å². The van der Waals surface area contributed by atoms with Gasteiger partial charge in [-0.25, -0.2) is 4.98 Å². The van der Waals surface area contributed by atoms with Gasteiger partial charge in [-0.15, -0.1) is 0 Å². The van der Waals surface area contributed by atoms with Crippen LogP contribution >= 0.6 is 23.4 Å². The fourth-order valence-corrected chi connectivity index (χ4v) is 3.39. The number of thioether (sulfide) groups is 1. The van der Waals surface area contributed by atoms with Crippen LogP contribution < -0.4 is 10.9 Å². The second-order valence-corrected chi connectivity index (χ2v) is 7.07. The van der Waals surface area contributed by atoms with E-state index in [1.165, 1.54) is 16.3 Å². The van der Waals surface area contributed by atoms with Gasteiger partial charge >= 0.3 is 0 Å². The molecule has 0 saturated carbocycles. The second kappa shape index (κ2) is 6.93. The number of nitrogens with one attached hydrogen (secondary N) is 2. The monoisotopic (exact) mass is 376 g/mol. The average Bonchev–Trinajstić information content (AvgIpc) is 2.94. The molecule has 130 valence electrons. The summed E-state index contributed by atoms with van der Waals surface area (Å²) in [5.41, 5.74) is 3.29. The molecule has 0 aliphatic rings. The van der Waals surface area contributed by atoms with Gasteiger partial charge in [-0.2, -0.15) is 0 Å². The number of hydrogen-bond donors (Lipinski definition) is 2. The van der Waals surface area contributed by atoms with E-state index in [0.29, 0.717) is 26.9 Å². The summed E-state index contributed by atoms with van der Waals surface area (Å²) in [4.78, 5) is 32.0. The molecule has 0 aliphatic heterocycles. The summed E-state index contributed by atoms with van der Waals surface area (Å²) in [5.74, 6) is -0.0452. The molecular weight excluding hydrogens is 360 g/mol. The Morgan fingerprint density at radius 3 is 2.92 bits per heavy atom. The zero-order valence-electron chi connectivity index (χ0n) is 14.0. The first-order chi connectivity index (χ1) is 11.9. The zero-order valence-corrected chi connectivity index (χ0v) is 15.6. The summed E-state index contributed by atoms with van der Waals surface area (Å²) >= 11 is 7.27. The van der Waals surface area contributed by atoms with Crippen molar-refractivity contribution in [2.45, 2.75) is 19.0 Å². The number of nitrogens with zero attached hydrogens (tertiary/aromatic N) is 2. The number of benzene rings is 1. The maximum atomic E-state index is 12.3. The molecule has 8 heteroatoms. The lowest BCUT2D eigenvalue weighted by atomic mass is 10.2. The molecule has 2 aromatic heterocycles. The van der Waals surface area contributed by atoms with Gasteiger partial charge in [0.15, 0.2) is 5.16 Å². The van der Waals surface area contributed by atoms with Crippen LogP contribution in [0.1, 0.15) is 11.3 Å². The van der Waals surface area contributed by atoms with E-state index in [1.807, 2.05) is 19.9 Å². The molecule has 3 rings (SSSR count). The van der Waals surface area contributed by atoms with Crippen LogP contribution in [0.5, 0.6) is 0 Å². The number of fused-ring (bicyclic) bond motifs is 1.